The van der Waals surface area contributed by atoms with E-state index in [-0.39, 0.29) is 18.9 Å². The number of carbonyl (C=O) groups is 3. The number of amides is 2. The van der Waals surface area contributed by atoms with Gasteiger partial charge in [-0.15, -0.1) is 0 Å². The minimum Gasteiger partial charge on any atom is -0.495 e. The Balaban J connectivity index is 1.90. The minimum atomic E-state index is -4.55. The van der Waals surface area contributed by atoms with Crippen molar-refractivity contribution in [2.75, 3.05) is 31.7 Å². The molecule has 7 nitrogen and oxygen atoms in total. The van der Waals surface area contributed by atoms with Crippen molar-refractivity contribution in [2.45, 2.75) is 12.6 Å². The van der Waals surface area contributed by atoms with Crippen molar-refractivity contribution in [1.82, 2.24) is 5.32 Å². The normalized spacial score (nSPS) is 17.2. The average Bonchev–Trinajstić information content (AvgIpc) is 2.98. The highest BCUT2D eigenvalue weighted by Gasteiger charge is 2.37. The minimum absolute atomic E-state index is 0.0300. The van der Waals surface area contributed by atoms with Crippen molar-refractivity contribution in [3.63, 3.8) is 0 Å². The maximum absolute atomic E-state index is 12.2. The largest absolute Gasteiger partial charge is 0.495 e. The van der Waals surface area contributed by atoms with Crippen LogP contribution in [0.25, 0.3) is 0 Å². The van der Waals surface area contributed by atoms with Gasteiger partial charge in [0.25, 0.3) is 5.91 Å². The summed E-state index contributed by atoms with van der Waals surface area (Å²) in [7, 11) is 1.45. The molecule has 1 fully saturated rings. The average molecular weight is 374 g/mol. The Kier molecular flexibility index (Phi) is 6.06. The molecule has 0 aliphatic carbocycles. The molecule has 2 amide bonds. The number of ether oxygens (including phenoxy) is 2. The summed E-state index contributed by atoms with van der Waals surface area (Å²) in [6.45, 7) is -2.32. The van der Waals surface area contributed by atoms with Crippen molar-refractivity contribution >= 4 is 23.5 Å². The van der Waals surface area contributed by atoms with E-state index in [1.807, 2.05) is 0 Å². The molecule has 1 N–H and O–H groups in total. The Morgan fingerprint density at radius 2 is 2.00 bits per heavy atom. The number of rotatable bonds is 6. The van der Waals surface area contributed by atoms with Gasteiger partial charge in [0.2, 0.25) is 5.91 Å². The van der Waals surface area contributed by atoms with Crippen LogP contribution in [0.3, 0.4) is 0 Å². The van der Waals surface area contributed by atoms with E-state index in [4.69, 9.17) is 9.47 Å². The number of methoxy groups -OCH3 is 1. The van der Waals surface area contributed by atoms with Gasteiger partial charge < -0.3 is 19.7 Å². The smallest absolute Gasteiger partial charge is 0.405 e. The zero-order chi connectivity index (χ0) is 19.3. The van der Waals surface area contributed by atoms with Gasteiger partial charge in [-0.1, -0.05) is 12.1 Å². The molecule has 0 radical (unpaired) electrons. The highest BCUT2D eigenvalue weighted by molar-refractivity contribution is 6.00. The lowest BCUT2D eigenvalue weighted by atomic mass is 10.1. The fraction of sp³-hybridized carbons (Fsp3) is 0.438. The van der Waals surface area contributed by atoms with Gasteiger partial charge in [-0.2, -0.15) is 13.2 Å². The molecule has 2 rings (SSSR count). The second kappa shape index (κ2) is 8.07. The van der Waals surface area contributed by atoms with Crippen LogP contribution in [0.4, 0.5) is 18.9 Å². The van der Waals surface area contributed by atoms with E-state index in [0.717, 1.165) is 0 Å². The Labute approximate surface area is 147 Å². The fourth-order valence-electron chi connectivity index (χ4n) is 2.46. The molecule has 0 spiro atoms. The third-order valence-corrected chi connectivity index (χ3v) is 3.67. The van der Waals surface area contributed by atoms with E-state index in [0.29, 0.717) is 11.4 Å². The predicted molar refractivity (Wildman–Crippen MR) is 83.5 cm³/mol. The summed E-state index contributed by atoms with van der Waals surface area (Å²) in [4.78, 5) is 36.8. The molecule has 1 aliphatic rings. The number of nitrogens with one attached hydrogen (secondary N) is 1. The molecule has 1 aromatic carbocycles. The van der Waals surface area contributed by atoms with Gasteiger partial charge in [0, 0.05) is 13.0 Å². The summed E-state index contributed by atoms with van der Waals surface area (Å²) in [5.41, 5.74) is 0.498. The molecule has 1 saturated heterocycles. The first-order valence-electron chi connectivity index (χ1n) is 7.64. The van der Waals surface area contributed by atoms with Crippen LogP contribution in [-0.2, 0) is 19.1 Å². The highest BCUT2D eigenvalue weighted by atomic mass is 19.4. The van der Waals surface area contributed by atoms with E-state index >= 15 is 0 Å². The Morgan fingerprint density at radius 1 is 1.31 bits per heavy atom. The van der Waals surface area contributed by atoms with E-state index in [9.17, 15) is 27.6 Å². The number of benzene rings is 1. The van der Waals surface area contributed by atoms with Gasteiger partial charge in [-0.05, 0) is 12.1 Å². The van der Waals surface area contributed by atoms with E-state index in [2.05, 4.69) is 0 Å². The quantitative estimate of drug-likeness (QED) is 0.758. The van der Waals surface area contributed by atoms with E-state index < -0.39 is 37.1 Å². The monoisotopic (exact) mass is 374 g/mol. The number of alkyl halides is 3. The lowest BCUT2D eigenvalue weighted by molar-refractivity contribution is -0.154. The van der Waals surface area contributed by atoms with Crippen LogP contribution >= 0.6 is 0 Å². The summed E-state index contributed by atoms with van der Waals surface area (Å²) in [6.07, 6.45) is -4.67. The third-order valence-electron chi connectivity index (χ3n) is 3.67. The Hall–Kier alpha value is -2.78. The van der Waals surface area contributed by atoms with Crippen LogP contribution in [0, 0.1) is 5.92 Å². The molecule has 26 heavy (non-hydrogen) atoms. The summed E-state index contributed by atoms with van der Waals surface area (Å²) >= 11 is 0. The van der Waals surface area contributed by atoms with Crippen LogP contribution in [0.15, 0.2) is 24.3 Å². The standard InChI is InChI=1S/C16H17F3N2O5/c1-25-12-5-3-2-4-11(12)21-7-10(6-14(21)23)15(24)26-8-13(22)20-9-16(17,18)19/h2-5,10H,6-9H2,1H3,(H,20,22)/t10-/m0/s1. The van der Waals surface area contributed by atoms with Crippen molar-refractivity contribution < 1.29 is 37.0 Å². The van der Waals surface area contributed by atoms with E-state index in [1.165, 1.54) is 12.0 Å². The number of para-hydroxylation sites is 2. The first kappa shape index (κ1) is 19.5. The summed E-state index contributed by atoms with van der Waals surface area (Å²) in [5, 5.41) is 1.59. The van der Waals surface area contributed by atoms with Gasteiger partial charge in [0.05, 0.1) is 18.7 Å². The van der Waals surface area contributed by atoms with Gasteiger partial charge in [0.1, 0.15) is 12.3 Å². The van der Waals surface area contributed by atoms with Crippen LogP contribution < -0.4 is 15.0 Å². The molecule has 0 aromatic heterocycles. The molecular formula is C16H17F3N2O5. The van der Waals surface area contributed by atoms with Crippen LogP contribution in [0.5, 0.6) is 5.75 Å². The van der Waals surface area contributed by atoms with Crippen molar-refractivity contribution in [1.29, 1.82) is 0 Å². The van der Waals surface area contributed by atoms with Crippen LogP contribution in [0.1, 0.15) is 6.42 Å². The summed E-state index contributed by atoms with van der Waals surface area (Å²) in [6, 6.07) is 6.77. The van der Waals surface area contributed by atoms with Gasteiger partial charge >= 0.3 is 12.1 Å². The summed E-state index contributed by atoms with van der Waals surface area (Å²) < 4.78 is 45.9. The maximum atomic E-state index is 12.2. The van der Waals surface area contributed by atoms with Gasteiger partial charge in [-0.3, -0.25) is 14.4 Å². The Bertz CT molecular complexity index is 693. The zero-order valence-corrected chi connectivity index (χ0v) is 13.8. The van der Waals surface area contributed by atoms with Gasteiger partial charge in [-0.25, -0.2) is 0 Å². The third kappa shape index (κ3) is 5.11. The Morgan fingerprint density at radius 3 is 2.65 bits per heavy atom. The number of esters is 1. The van der Waals surface area contributed by atoms with Crippen molar-refractivity contribution in [3.8, 4) is 5.75 Å². The van der Waals surface area contributed by atoms with Gasteiger partial charge in [0.15, 0.2) is 6.61 Å². The molecule has 1 aliphatic heterocycles. The second-order valence-corrected chi connectivity index (χ2v) is 5.58. The molecule has 0 unspecified atom stereocenters. The highest BCUT2D eigenvalue weighted by Crippen LogP contribution is 2.33. The molecule has 1 heterocycles. The first-order chi connectivity index (χ1) is 12.2. The molecule has 0 bridgehead atoms. The van der Waals surface area contributed by atoms with E-state index in [1.54, 1.807) is 29.6 Å². The fourth-order valence-corrected chi connectivity index (χ4v) is 2.46. The maximum Gasteiger partial charge on any atom is 0.405 e. The lowest BCUT2D eigenvalue weighted by Crippen LogP contribution is -2.37. The topological polar surface area (TPSA) is 84.9 Å². The predicted octanol–water partition coefficient (Wildman–Crippen LogP) is 1.27. The second-order valence-electron chi connectivity index (χ2n) is 5.58. The number of hydrogen-bond acceptors (Lipinski definition) is 5. The van der Waals surface area contributed by atoms with Crippen molar-refractivity contribution in [2.24, 2.45) is 5.92 Å². The molecule has 142 valence electrons. The molecular weight excluding hydrogens is 357 g/mol. The van der Waals surface area contributed by atoms with Crippen molar-refractivity contribution in [3.05, 3.63) is 24.3 Å². The number of carbonyl (C=O) groups excluding carboxylic acids is 3. The lowest BCUT2D eigenvalue weighted by Gasteiger charge is -2.19. The zero-order valence-electron chi connectivity index (χ0n) is 13.8. The number of nitrogens with zero attached hydrogens (tertiary/aromatic N) is 1. The molecule has 1 aromatic rings. The molecule has 0 saturated carbocycles. The first-order valence-corrected chi connectivity index (χ1v) is 7.64. The SMILES string of the molecule is COc1ccccc1N1C[C@@H](C(=O)OCC(=O)NCC(F)(F)F)CC1=O. The molecule has 10 heteroatoms. The number of halogens is 3. The van der Waals surface area contributed by atoms with Crippen LogP contribution in [-0.4, -0.2) is 50.8 Å². The van der Waals surface area contributed by atoms with Crippen LogP contribution in [0.2, 0.25) is 0 Å². The number of anilines is 1. The summed E-state index contributed by atoms with van der Waals surface area (Å²) in [5.74, 6) is -2.57. The number of hydrogen-bond donors (Lipinski definition) is 1. The molecule has 1 atom stereocenters.